The van der Waals surface area contributed by atoms with E-state index in [1.165, 1.54) is 0 Å². The van der Waals surface area contributed by atoms with Crippen LogP contribution in [-0.4, -0.2) is 24.9 Å². The average molecular weight is 201 g/mol. The molecule has 2 amide bonds. The van der Waals surface area contributed by atoms with Crippen LogP contribution in [0.1, 0.15) is 20.8 Å². The van der Waals surface area contributed by atoms with Crippen molar-refractivity contribution in [1.29, 1.82) is 0 Å². The number of nitrogens with two attached hydrogens (primary N) is 2. The quantitative estimate of drug-likeness (QED) is 0.525. The molecule has 0 radical (unpaired) electrons. The van der Waals surface area contributed by atoms with E-state index in [1.54, 1.807) is 20.8 Å². The van der Waals surface area contributed by atoms with Gasteiger partial charge in [0.15, 0.2) is 0 Å². The Balaban J connectivity index is 3.85. The third kappa shape index (κ3) is 4.23. The normalized spacial score (nSPS) is 13.6. The van der Waals surface area contributed by atoms with E-state index in [2.05, 4.69) is 5.32 Å². The van der Waals surface area contributed by atoms with Crippen LogP contribution in [0.3, 0.4) is 0 Å². The molecule has 1 atom stereocenters. The van der Waals surface area contributed by atoms with Gasteiger partial charge >= 0.3 is 0 Å². The van der Waals surface area contributed by atoms with Gasteiger partial charge in [0, 0.05) is 19.0 Å². The highest BCUT2D eigenvalue weighted by Crippen LogP contribution is 2.11. The van der Waals surface area contributed by atoms with Gasteiger partial charge in [-0.25, -0.2) is 0 Å². The summed E-state index contributed by atoms with van der Waals surface area (Å²) in [5.41, 5.74) is 9.65. The van der Waals surface area contributed by atoms with Crippen LogP contribution in [0.25, 0.3) is 0 Å². The van der Waals surface area contributed by atoms with Crippen molar-refractivity contribution in [1.82, 2.24) is 5.32 Å². The van der Waals surface area contributed by atoms with Crippen molar-refractivity contribution >= 4 is 11.8 Å². The van der Waals surface area contributed by atoms with Crippen molar-refractivity contribution in [2.45, 2.75) is 20.8 Å². The van der Waals surface area contributed by atoms with Gasteiger partial charge in [0.25, 0.3) is 0 Å². The summed E-state index contributed by atoms with van der Waals surface area (Å²) in [6.45, 7) is 6.13. The van der Waals surface area contributed by atoms with E-state index in [4.69, 9.17) is 11.5 Å². The number of primary amides is 2. The van der Waals surface area contributed by atoms with Gasteiger partial charge in [0.2, 0.25) is 11.8 Å². The molecule has 0 bridgehead atoms. The molecule has 0 aromatic rings. The second-order valence-corrected chi connectivity index (χ2v) is 4.18. The van der Waals surface area contributed by atoms with Crippen molar-refractivity contribution in [2.75, 3.05) is 13.1 Å². The Morgan fingerprint density at radius 1 is 1.36 bits per heavy atom. The third-order valence-corrected chi connectivity index (χ3v) is 2.17. The maximum atomic E-state index is 10.9. The Kier molecular flexibility index (Phi) is 4.56. The van der Waals surface area contributed by atoms with Gasteiger partial charge in [-0.1, -0.05) is 6.92 Å². The fourth-order valence-electron chi connectivity index (χ4n) is 0.789. The standard InChI is InChI=1S/C9H19N3O2/c1-6(7(10)13)4-12-5-9(2,3)8(11)14/h6,12H,4-5H2,1-3H3,(H2,10,13)(H2,11,14). The van der Waals surface area contributed by atoms with Crippen LogP contribution in [0.5, 0.6) is 0 Å². The summed E-state index contributed by atoms with van der Waals surface area (Å²) in [6, 6.07) is 0. The Morgan fingerprint density at radius 3 is 2.21 bits per heavy atom. The Bertz CT molecular complexity index is 226. The molecule has 5 heteroatoms. The van der Waals surface area contributed by atoms with Crippen molar-refractivity contribution in [3.8, 4) is 0 Å². The first kappa shape index (κ1) is 12.9. The number of nitrogens with one attached hydrogen (secondary N) is 1. The monoisotopic (exact) mass is 201 g/mol. The number of amides is 2. The van der Waals surface area contributed by atoms with Crippen molar-refractivity contribution in [3.05, 3.63) is 0 Å². The third-order valence-electron chi connectivity index (χ3n) is 2.17. The van der Waals surface area contributed by atoms with Gasteiger partial charge in [-0.3, -0.25) is 9.59 Å². The van der Waals surface area contributed by atoms with Crippen molar-refractivity contribution < 1.29 is 9.59 Å². The van der Waals surface area contributed by atoms with E-state index in [-0.39, 0.29) is 17.7 Å². The summed E-state index contributed by atoms with van der Waals surface area (Å²) in [4.78, 5) is 21.6. The Labute approximate surface area is 84.2 Å². The van der Waals surface area contributed by atoms with E-state index in [1.807, 2.05) is 0 Å². The molecule has 5 nitrogen and oxygen atoms in total. The van der Waals surface area contributed by atoms with Crippen LogP contribution in [0, 0.1) is 11.3 Å². The highest BCUT2D eigenvalue weighted by atomic mass is 16.1. The molecule has 0 aromatic carbocycles. The lowest BCUT2D eigenvalue weighted by atomic mass is 9.92. The number of carbonyl (C=O) groups excluding carboxylic acids is 2. The van der Waals surface area contributed by atoms with Gasteiger partial charge < -0.3 is 16.8 Å². The number of rotatable bonds is 6. The Morgan fingerprint density at radius 2 is 1.86 bits per heavy atom. The van der Waals surface area contributed by atoms with Gasteiger partial charge in [-0.05, 0) is 13.8 Å². The summed E-state index contributed by atoms with van der Waals surface area (Å²) in [5.74, 6) is -0.954. The van der Waals surface area contributed by atoms with E-state index in [0.29, 0.717) is 13.1 Å². The summed E-state index contributed by atoms with van der Waals surface area (Å²) >= 11 is 0. The van der Waals surface area contributed by atoms with Crippen LogP contribution in [0.15, 0.2) is 0 Å². The molecule has 0 saturated heterocycles. The Hall–Kier alpha value is -1.10. The van der Waals surface area contributed by atoms with Gasteiger partial charge in [0.05, 0.1) is 5.41 Å². The summed E-state index contributed by atoms with van der Waals surface area (Å²) < 4.78 is 0. The molecule has 0 aromatic heterocycles. The summed E-state index contributed by atoms with van der Waals surface area (Å²) in [7, 11) is 0. The molecule has 1 unspecified atom stereocenters. The van der Waals surface area contributed by atoms with Crippen LogP contribution in [0.2, 0.25) is 0 Å². The zero-order valence-corrected chi connectivity index (χ0v) is 8.96. The second-order valence-electron chi connectivity index (χ2n) is 4.18. The smallest absolute Gasteiger partial charge is 0.224 e. The van der Waals surface area contributed by atoms with Crippen LogP contribution in [-0.2, 0) is 9.59 Å². The number of hydrogen-bond acceptors (Lipinski definition) is 3. The molecule has 82 valence electrons. The predicted molar refractivity (Wildman–Crippen MR) is 54.2 cm³/mol. The van der Waals surface area contributed by atoms with Crippen LogP contribution < -0.4 is 16.8 Å². The molecule has 5 N–H and O–H groups in total. The minimum absolute atomic E-state index is 0.237. The highest BCUT2D eigenvalue weighted by molar-refractivity contribution is 5.80. The molecule has 0 aliphatic carbocycles. The van der Waals surface area contributed by atoms with Gasteiger partial charge in [-0.15, -0.1) is 0 Å². The fraction of sp³-hybridized carbons (Fsp3) is 0.778. The molecule has 0 aliphatic rings. The average Bonchev–Trinajstić information content (AvgIpc) is 2.03. The second kappa shape index (κ2) is 4.95. The van der Waals surface area contributed by atoms with E-state index in [0.717, 1.165) is 0 Å². The zero-order chi connectivity index (χ0) is 11.4. The van der Waals surface area contributed by atoms with Crippen LogP contribution >= 0.6 is 0 Å². The maximum Gasteiger partial charge on any atom is 0.224 e. The van der Waals surface area contributed by atoms with Crippen molar-refractivity contribution in [3.63, 3.8) is 0 Å². The van der Waals surface area contributed by atoms with E-state index >= 15 is 0 Å². The van der Waals surface area contributed by atoms with Crippen molar-refractivity contribution in [2.24, 2.45) is 22.8 Å². The van der Waals surface area contributed by atoms with Crippen LogP contribution in [0.4, 0.5) is 0 Å². The molecule has 14 heavy (non-hydrogen) atoms. The molecule has 0 spiro atoms. The SMILES string of the molecule is CC(CNCC(C)(C)C(N)=O)C(N)=O. The lowest BCUT2D eigenvalue weighted by molar-refractivity contribution is -0.125. The van der Waals surface area contributed by atoms with Gasteiger partial charge in [-0.2, -0.15) is 0 Å². The minimum atomic E-state index is -0.600. The molecule has 0 rings (SSSR count). The molecular weight excluding hydrogens is 182 g/mol. The van der Waals surface area contributed by atoms with E-state index < -0.39 is 5.41 Å². The molecule has 0 heterocycles. The zero-order valence-electron chi connectivity index (χ0n) is 8.96. The summed E-state index contributed by atoms with van der Waals surface area (Å²) in [5, 5.41) is 2.99. The maximum absolute atomic E-state index is 10.9. The number of hydrogen-bond donors (Lipinski definition) is 3. The molecule has 0 fully saturated rings. The molecule has 0 aliphatic heterocycles. The first-order chi connectivity index (χ1) is 6.27. The first-order valence-corrected chi connectivity index (χ1v) is 4.57. The largest absolute Gasteiger partial charge is 0.369 e. The van der Waals surface area contributed by atoms with E-state index in [9.17, 15) is 9.59 Å². The molecular formula is C9H19N3O2. The topological polar surface area (TPSA) is 98.2 Å². The minimum Gasteiger partial charge on any atom is -0.369 e. The predicted octanol–water partition coefficient (Wildman–Crippen LogP) is -0.791. The first-order valence-electron chi connectivity index (χ1n) is 4.57. The lowest BCUT2D eigenvalue weighted by Crippen LogP contribution is -2.42. The van der Waals surface area contributed by atoms with Gasteiger partial charge in [0.1, 0.15) is 0 Å². The molecule has 0 saturated carbocycles. The highest BCUT2D eigenvalue weighted by Gasteiger charge is 2.24. The number of carbonyl (C=O) groups is 2. The summed E-state index contributed by atoms with van der Waals surface area (Å²) in [6.07, 6.45) is 0. The fourth-order valence-corrected chi connectivity index (χ4v) is 0.789. The lowest BCUT2D eigenvalue weighted by Gasteiger charge is -2.21.